The molecule has 6 nitrogen and oxygen atoms in total. The summed E-state index contributed by atoms with van der Waals surface area (Å²) in [6, 6.07) is 0. The Kier molecular flexibility index (Phi) is 64.7. The third kappa shape index (κ3) is 65.1. The number of hydrogen-bond acceptors (Lipinski definition) is 6. The summed E-state index contributed by atoms with van der Waals surface area (Å²) >= 11 is 0. The van der Waals surface area contributed by atoms with Crippen molar-refractivity contribution in [2.24, 2.45) is 0 Å². The maximum Gasteiger partial charge on any atom is 0.306 e. The highest BCUT2D eigenvalue weighted by Crippen LogP contribution is 2.17. The Morgan fingerprint density at radius 2 is 0.487 bits per heavy atom. The van der Waals surface area contributed by atoms with Crippen LogP contribution in [0.25, 0.3) is 0 Å². The third-order valence-electron chi connectivity index (χ3n) is 14.8. The summed E-state index contributed by atoms with van der Waals surface area (Å²) in [5.74, 6) is -0.928. The van der Waals surface area contributed by atoms with Crippen LogP contribution in [-0.2, 0) is 28.6 Å². The monoisotopic (exact) mass is 1110 g/mol. The summed E-state index contributed by atoms with van der Waals surface area (Å²) in [4.78, 5) is 38.4. The lowest BCUT2D eigenvalue weighted by Gasteiger charge is -2.18. The van der Waals surface area contributed by atoms with E-state index < -0.39 is 6.10 Å². The molecule has 0 N–H and O–H groups in total. The van der Waals surface area contributed by atoms with Gasteiger partial charge in [-0.3, -0.25) is 14.4 Å². The molecule has 0 amide bonds. The van der Waals surface area contributed by atoms with Crippen LogP contribution in [0.15, 0.2) is 97.2 Å². The minimum absolute atomic E-state index is 0.0942. The summed E-state index contributed by atoms with van der Waals surface area (Å²) in [6.45, 7) is 6.51. The summed E-state index contributed by atoms with van der Waals surface area (Å²) in [7, 11) is 0. The number of allylic oxidation sites excluding steroid dienone is 16. The Labute approximate surface area is 496 Å². The van der Waals surface area contributed by atoms with Crippen LogP contribution in [0.3, 0.4) is 0 Å². The van der Waals surface area contributed by atoms with Crippen LogP contribution in [0, 0.1) is 0 Å². The fourth-order valence-electron chi connectivity index (χ4n) is 9.67. The van der Waals surface area contributed by atoms with Gasteiger partial charge in [-0.25, -0.2) is 0 Å². The quantitative estimate of drug-likeness (QED) is 0.0261. The van der Waals surface area contributed by atoms with Crippen LogP contribution in [0.5, 0.6) is 0 Å². The largest absolute Gasteiger partial charge is 0.462 e. The standard InChI is InChI=1S/C74H128O6/c1-4-7-10-13-16-19-22-25-28-31-33-34-35-36-37-38-39-40-42-43-46-49-52-55-58-61-64-67-73(76)79-70-71(69-78-72(75)66-63-60-57-54-51-48-45-30-27-24-21-18-15-12-9-6-3)80-74(77)68-65-62-59-56-53-50-47-44-41-32-29-26-23-20-17-14-11-8-5-2/h8,11,17,20-21,24,26,29-31,33,41,44-45,50,53,71H,4-7,9-10,12-16,18-19,22-23,25,27-28,32,34-40,42-43,46-49,51-52,54-70H2,1-3H3/b11-8-,20-17-,24-21-,29-26-,33-31-,44-41-,45-30-,53-50-. The van der Waals surface area contributed by atoms with E-state index in [-0.39, 0.29) is 37.5 Å². The summed E-state index contributed by atoms with van der Waals surface area (Å²) in [6.07, 6.45) is 91.4. The van der Waals surface area contributed by atoms with Crippen molar-refractivity contribution >= 4 is 17.9 Å². The maximum atomic E-state index is 12.9. The highest BCUT2D eigenvalue weighted by atomic mass is 16.6. The SMILES string of the molecule is CC/C=C\C/C=C\C/C=C\C/C=C\C/C=C\CCCCCC(=O)OC(COC(=O)CCCCCCC/C=C\C/C=C\CCCCCC)COC(=O)CCCCCCCCCCCCCCCCC/C=C\CCCCCCCCCC. The molecule has 0 bridgehead atoms. The lowest BCUT2D eigenvalue weighted by Crippen LogP contribution is -2.30. The maximum absolute atomic E-state index is 12.9. The fraction of sp³-hybridized carbons (Fsp3) is 0.743. The van der Waals surface area contributed by atoms with Gasteiger partial charge in [-0.2, -0.15) is 0 Å². The number of ether oxygens (including phenoxy) is 3. The Balaban J connectivity index is 4.35. The van der Waals surface area contributed by atoms with Gasteiger partial charge in [0.05, 0.1) is 0 Å². The molecule has 0 saturated carbocycles. The predicted molar refractivity (Wildman–Crippen MR) is 348 cm³/mol. The minimum Gasteiger partial charge on any atom is -0.462 e. The van der Waals surface area contributed by atoms with Crippen molar-refractivity contribution in [3.8, 4) is 0 Å². The molecule has 0 aliphatic heterocycles. The number of rotatable bonds is 62. The third-order valence-corrected chi connectivity index (χ3v) is 14.8. The molecular formula is C74H128O6. The molecule has 0 rings (SSSR count). The van der Waals surface area contributed by atoms with E-state index in [4.69, 9.17) is 14.2 Å². The van der Waals surface area contributed by atoms with Gasteiger partial charge in [0, 0.05) is 19.3 Å². The molecule has 0 spiro atoms. The van der Waals surface area contributed by atoms with Crippen molar-refractivity contribution in [3.63, 3.8) is 0 Å². The van der Waals surface area contributed by atoms with Crippen molar-refractivity contribution in [1.29, 1.82) is 0 Å². The predicted octanol–water partition coefficient (Wildman–Crippen LogP) is 23.6. The highest BCUT2D eigenvalue weighted by molar-refractivity contribution is 5.71. The van der Waals surface area contributed by atoms with Gasteiger partial charge in [-0.15, -0.1) is 0 Å². The molecule has 1 unspecified atom stereocenters. The highest BCUT2D eigenvalue weighted by Gasteiger charge is 2.19. The Morgan fingerprint density at radius 3 is 0.800 bits per heavy atom. The summed E-state index contributed by atoms with van der Waals surface area (Å²) in [5.41, 5.74) is 0. The van der Waals surface area contributed by atoms with Gasteiger partial charge < -0.3 is 14.2 Å². The average molecular weight is 1110 g/mol. The van der Waals surface area contributed by atoms with Crippen molar-refractivity contribution in [1.82, 2.24) is 0 Å². The summed E-state index contributed by atoms with van der Waals surface area (Å²) < 4.78 is 16.9. The van der Waals surface area contributed by atoms with E-state index in [1.54, 1.807) is 0 Å². The number of carbonyl (C=O) groups excluding carboxylic acids is 3. The minimum atomic E-state index is -0.803. The first-order valence-corrected chi connectivity index (χ1v) is 34.2. The number of carbonyl (C=O) groups is 3. The van der Waals surface area contributed by atoms with Crippen LogP contribution in [0.2, 0.25) is 0 Å². The van der Waals surface area contributed by atoms with Crippen LogP contribution in [-0.4, -0.2) is 37.2 Å². The smallest absolute Gasteiger partial charge is 0.306 e. The van der Waals surface area contributed by atoms with E-state index in [2.05, 4.69) is 118 Å². The molecule has 0 fully saturated rings. The zero-order chi connectivity index (χ0) is 57.8. The van der Waals surface area contributed by atoms with Gasteiger partial charge in [0.1, 0.15) is 13.2 Å². The van der Waals surface area contributed by atoms with Crippen LogP contribution in [0.4, 0.5) is 0 Å². The second-order valence-electron chi connectivity index (χ2n) is 22.7. The van der Waals surface area contributed by atoms with Crippen LogP contribution >= 0.6 is 0 Å². The first-order chi connectivity index (χ1) is 39.5. The molecule has 0 aromatic carbocycles. The molecule has 80 heavy (non-hydrogen) atoms. The van der Waals surface area contributed by atoms with Crippen LogP contribution in [0.1, 0.15) is 335 Å². The molecule has 6 heteroatoms. The van der Waals surface area contributed by atoms with Gasteiger partial charge in [-0.1, -0.05) is 291 Å². The summed E-state index contributed by atoms with van der Waals surface area (Å²) in [5, 5.41) is 0. The van der Waals surface area contributed by atoms with E-state index >= 15 is 0 Å². The molecule has 0 saturated heterocycles. The zero-order valence-corrected chi connectivity index (χ0v) is 52.8. The van der Waals surface area contributed by atoms with E-state index in [9.17, 15) is 14.4 Å². The second kappa shape index (κ2) is 67.8. The first-order valence-electron chi connectivity index (χ1n) is 34.2. The topological polar surface area (TPSA) is 78.9 Å². The van der Waals surface area contributed by atoms with Crippen molar-refractivity contribution in [2.75, 3.05) is 13.2 Å². The molecule has 0 aromatic heterocycles. The van der Waals surface area contributed by atoms with Crippen molar-refractivity contribution in [2.45, 2.75) is 341 Å². The molecule has 0 heterocycles. The molecule has 0 aromatic rings. The Morgan fingerprint density at radius 1 is 0.263 bits per heavy atom. The molecular weight excluding hydrogens is 985 g/mol. The lowest BCUT2D eigenvalue weighted by atomic mass is 10.0. The van der Waals surface area contributed by atoms with Crippen LogP contribution < -0.4 is 0 Å². The van der Waals surface area contributed by atoms with E-state index in [1.807, 2.05) is 0 Å². The van der Waals surface area contributed by atoms with Gasteiger partial charge in [-0.05, 0) is 122 Å². The fourth-order valence-corrected chi connectivity index (χ4v) is 9.67. The average Bonchev–Trinajstić information content (AvgIpc) is 3.46. The van der Waals surface area contributed by atoms with Crippen molar-refractivity contribution in [3.05, 3.63) is 97.2 Å². The van der Waals surface area contributed by atoms with Gasteiger partial charge >= 0.3 is 17.9 Å². The zero-order valence-electron chi connectivity index (χ0n) is 52.8. The lowest BCUT2D eigenvalue weighted by molar-refractivity contribution is -0.167. The Bertz CT molecular complexity index is 1560. The molecule has 460 valence electrons. The normalized spacial score (nSPS) is 12.7. The van der Waals surface area contributed by atoms with E-state index in [1.165, 1.54) is 173 Å². The molecule has 0 radical (unpaired) electrons. The molecule has 0 aliphatic carbocycles. The van der Waals surface area contributed by atoms with Crippen molar-refractivity contribution < 1.29 is 28.6 Å². The van der Waals surface area contributed by atoms with Gasteiger partial charge in [0.2, 0.25) is 0 Å². The molecule has 0 aliphatic rings. The van der Waals surface area contributed by atoms with Gasteiger partial charge in [0.25, 0.3) is 0 Å². The van der Waals surface area contributed by atoms with E-state index in [0.717, 1.165) is 122 Å². The number of unbranched alkanes of at least 4 members (excludes halogenated alkanes) is 35. The number of hydrogen-bond donors (Lipinski definition) is 0. The number of esters is 3. The van der Waals surface area contributed by atoms with Gasteiger partial charge in [0.15, 0.2) is 6.10 Å². The Hall–Kier alpha value is -3.67. The second-order valence-corrected chi connectivity index (χ2v) is 22.7. The molecule has 1 atom stereocenters. The van der Waals surface area contributed by atoms with E-state index in [0.29, 0.717) is 12.8 Å². The first kappa shape index (κ1) is 76.3.